The van der Waals surface area contributed by atoms with Gasteiger partial charge in [0.2, 0.25) is 0 Å². The lowest BCUT2D eigenvalue weighted by Crippen LogP contribution is -2.22. The number of rotatable bonds is 7. The van der Waals surface area contributed by atoms with Crippen LogP contribution in [0.1, 0.15) is 40.0 Å². The van der Waals surface area contributed by atoms with Crippen LogP contribution < -0.4 is 0 Å². The predicted molar refractivity (Wildman–Crippen MR) is 64.9 cm³/mol. The van der Waals surface area contributed by atoms with Crippen LogP contribution >= 0.6 is 0 Å². The minimum atomic E-state index is 1.07. The summed E-state index contributed by atoms with van der Waals surface area (Å²) in [6.07, 6.45) is 7.47. The van der Waals surface area contributed by atoms with Crippen molar-refractivity contribution < 1.29 is 0 Å². The third kappa shape index (κ3) is 7.99. The molecule has 0 aromatic rings. The maximum atomic E-state index is 4.30. The maximum absolute atomic E-state index is 4.30. The van der Waals surface area contributed by atoms with Gasteiger partial charge in [-0.3, -0.25) is 4.99 Å². The van der Waals surface area contributed by atoms with E-state index >= 15 is 0 Å². The topological polar surface area (TPSA) is 15.6 Å². The molecule has 0 aliphatic carbocycles. The van der Waals surface area contributed by atoms with Gasteiger partial charge < -0.3 is 4.90 Å². The van der Waals surface area contributed by atoms with E-state index in [9.17, 15) is 0 Å². The van der Waals surface area contributed by atoms with E-state index in [2.05, 4.69) is 30.8 Å². The van der Waals surface area contributed by atoms with E-state index in [1.54, 1.807) is 0 Å². The molecule has 82 valence electrons. The molecule has 0 saturated carbocycles. The summed E-state index contributed by atoms with van der Waals surface area (Å²) in [5, 5.41) is 0. The monoisotopic (exact) mass is 196 g/mol. The molecule has 0 bridgehead atoms. The minimum Gasteiger partial charge on any atom is -0.306 e. The number of nitrogens with zero attached hydrogens (tertiary/aromatic N) is 2. The van der Waals surface area contributed by atoms with Crippen LogP contribution in [0.5, 0.6) is 0 Å². The fourth-order valence-corrected chi connectivity index (χ4v) is 1.16. The van der Waals surface area contributed by atoms with Gasteiger partial charge in [0.1, 0.15) is 0 Å². The molecule has 0 spiro atoms. The Morgan fingerprint density at radius 2 is 2.07 bits per heavy atom. The summed E-state index contributed by atoms with van der Waals surface area (Å²) in [4.78, 5) is 6.68. The van der Waals surface area contributed by atoms with Gasteiger partial charge in [0, 0.05) is 18.5 Å². The molecule has 0 radical (unpaired) electrons. The van der Waals surface area contributed by atoms with E-state index in [4.69, 9.17) is 0 Å². The van der Waals surface area contributed by atoms with Crippen LogP contribution in [0.4, 0.5) is 0 Å². The molecule has 0 atom stereocenters. The first-order valence-corrected chi connectivity index (χ1v) is 5.53. The molecule has 0 unspecified atom stereocenters. The van der Waals surface area contributed by atoms with E-state index in [-0.39, 0.29) is 0 Å². The van der Waals surface area contributed by atoms with Gasteiger partial charge in [-0.05, 0) is 40.3 Å². The van der Waals surface area contributed by atoms with Gasteiger partial charge >= 0.3 is 0 Å². The summed E-state index contributed by atoms with van der Waals surface area (Å²) in [6, 6.07) is 0. The first kappa shape index (κ1) is 13.4. The van der Waals surface area contributed by atoms with Crippen LogP contribution in [-0.4, -0.2) is 30.7 Å². The number of hydrogen-bond donors (Lipinski definition) is 0. The number of hydrogen-bond acceptors (Lipinski definition) is 2. The first-order valence-electron chi connectivity index (χ1n) is 5.53. The van der Waals surface area contributed by atoms with Gasteiger partial charge in [0.15, 0.2) is 0 Å². The highest BCUT2D eigenvalue weighted by Crippen LogP contribution is 1.95. The van der Waals surface area contributed by atoms with Crippen molar-refractivity contribution in [3.05, 3.63) is 12.3 Å². The van der Waals surface area contributed by atoms with Crippen LogP contribution in [0.2, 0.25) is 0 Å². The van der Waals surface area contributed by atoms with Gasteiger partial charge in [0.25, 0.3) is 0 Å². The van der Waals surface area contributed by atoms with E-state index in [1.807, 2.05) is 19.2 Å². The second-order valence-electron chi connectivity index (χ2n) is 3.75. The normalized spacial score (nSPS) is 13.1. The van der Waals surface area contributed by atoms with Gasteiger partial charge in [0.05, 0.1) is 0 Å². The average molecular weight is 196 g/mol. The molecule has 0 N–H and O–H groups in total. The first-order chi connectivity index (χ1) is 6.70. The standard InChI is InChI=1S/C12H24N2/c1-5-7-10-14(4)11-8-12(3)13-9-6-2/h6,9H,5,7-8,10-11H2,1-4H3/b9-6-,13-12?. The van der Waals surface area contributed by atoms with Crippen LogP contribution in [0.25, 0.3) is 0 Å². The fraction of sp³-hybridized carbons (Fsp3) is 0.750. The van der Waals surface area contributed by atoms with Crippen molar-refractivity contribution in [1.29, 1.82) is 0 Å². The second kappa shape index (κ2) is 8.95. The highest BCUT2D eigenvalue weighted by atomic mass is 15.1. The molecule has 0 aliphatic rings. The van der Waals surface area contributed by atoms with Gasteiger partial charge in [-0.25, -0.2) is 0 Å². The smallest absolute Gasteiger partial charge is 0.0224 e. The zero-order valence-electron chi connectivity index (χ0n) is 10.1. The Morgan fingerprint density at radius 3 is 2.64 bits per heavy atom. The SMILES string of the molecule is C/C=C\N=C(C)CCN(C)CCCC. The summed E-state index contributed by atoms with van der Waals surface area (Å²) < 4.78 is 0. The Balaban J connectivity index is 3.60. The zero-order valence-corrected chi connectivity index (χ0v) is 10.1. The third-order valence-corrected chi connectivity index (χ3v) is 2.19. The lowest BCUT2D eigenvalue weighted by atomic mass is 10.2. The molecular formula is C12H24N2. The molecule has 0 saturated heterocycles. The Bertz CT molecular complexity index is 183. The number of allylic oxidation sites excluding steroid dienone is 1. The lowest BCUT2D eigenvalue weighted by molar-refractivity contribution is 0.337. The van der Waals surface area contributed by atoms with Crippen LogP contribution in [0.15, 0.2) is 17.3 Å². The summed E-state index contributed by atoms with van der Waals surface area (Å²) >= 11 is 0. The highest BCUT2D eigenvalue weighted by molar-refractivity contribution is 5.82. The molecule has 2 heteroatoms. The van der Waals surface area contributed by atoms with E-state index in [0.29, 0.717) is 0 Å². The summed E-state index contributed by atoms with van der Waals surface area (Å²) in [5.74, 6) is 0. The molecule has 0 heterocycles. The number of unbranched alkanes of at least 4 members (excludes halogenated alkanes) is 1. The van der Waals surface area contributed by atoms with E-state index < -0.39 is 0 Å². The summed E-state index contributed by atoms with van der Waals surface area (Å²) in [6.45, 7) is 8.63. The van der Waals surface area contributed by atoms with Crippen molar-refractivity contribution in [1.82, 2.24) is 4.90 Å². The van der Waals surface area contributed by atoms with Gasteiger partial charge in [-0.1, -0.05) is 19.4 Å². The quantitative estimate of drug-likeness (QED) is 0.571. The van der Waals surface area contributed by atoms with E-state index in [1.165, 1.54) is 25.1 Å². The third-order valence-electron chi connectivity index (χ3n) is 2.19. The predicted octanol–water partition coefficient (Wildman–Crippen LogP) is 3.10. The zero-order chi connectivity index (χ0) is 10.8. The van der Waals surface area contributed by atoms with Gasteiger partial charge in [-0.15, -0.1) is 0 Å². The van der Waals surface area contributed by atoms with Crippen LogP contribution in [0.3, 0.4) is 0 Å². The molecule has 0 fully saturated rings. The maximum Gasteiger partial charge on any atom is 0.0224 e. The van der Waals surface area contributed by atoms with Crippen molar-refractivity contribution >= 4 is 5.71 Å². The molecule has 0 aliphatic heterocycles. The van der Waals surface area contributed by atoms with E-state index in [0.717, 1.165) is 13.0 Å². The summed E-state index contributed by atoms with van der Waals surface area (Å²) in [7, 11) is 2.18. The molecule has 0 rings (SSSR count). The Labute approximate surface area is 88.7 Å². The second-order valence-corrected chi connectivity index (χ2v) is 3.75. The largest absolute Gasteiger partial charge is 0.306 e. The number of aliphatic imine (C=N–C) groups is 1. The van der Waals surface area contributed by atoms with Crippen molar-refractivity contribution in [2.24, 2.45) is 4.99 Å². The van der Waals surface area contributed by atoms with Crippen molar-refractivity contribution in [3.8, 4) is 0 Å². The van der Waals surface area contributed by atoms with Crippen molar-refractivity contribution in [2.75, 3.05) is 20.1 Å². The molecule has 2 nitrogen and oxygen atoms in total. The highest BCUT2D eigenvalue weighted by Gasteiger charge is 1.97. The van der Waals surface area contributed by atoms with Crippen molar-refractivity contribution in [3.63, 3.8) is 0 Å². The Kier molecular flexibility index (Phi) is 8.54. The minimum absolute atomic E-state index is 1.07. The molecule has 0 amide bonds. The van der Waals surface area contributed by atoms with Crippen LogP contribution in [-0.2, 0) is 0 Å². The fourth-order valence-electron chi connectivity index (χ4n) is 1.16. The molecule has 14 heavy (non-hydrogen) atoms. The summed E-state index contributed by atoms with van der Waals surface area (Å²) in [5.41, 5.74) is 1.21. The lowest BCUT2D eigenvalue weighted by Gasteiger charge is -2.15. The van der Waals surface area contributed by atoms with Crippen molar-refractivity contribution in [2.45, 2.75) is 40.0 Å². The van der Waals surface area contributed by atoms with Crippen LogP contribution in [0, 0.1) is 0 Å². The Morgan fingerprint density at radius 1 is 1.36 bits per heavy atom. The molecular weight excluding hydrogens is 172 g/mol. The Hall–Kier alpha value is -0.630. The molecule has 0 aromatic heterocycles. The molecule has 0 aromatic carbocycles. The average Bonchev–Trinajstić information content (AvgIpc) is 2.20. The van der Waals surface area contributed by atoms with Gasteiger partial charge in [-0.2, -0.15) is 0 Å².